The molecule has 0 unspecified atom stereocenters. The number of aliphatic imine (C=N–C) groups is 1. The van der Waals surface area contributed by atoms with Crippen molar-refractivity contribution >= 4 is 69.7 Å². The molecule has 0 saturated heterocycles. The number of amides is 1. The fraction of sp³-hybridized carbons (Fsp3) is 0.333. The van der Waals surface area contributed by atoms with Gasteiger partial charge in [0.25, 0.3) is 5.91 Å². The molecule has 1 aromatic carbocycles. The Bertz CT molecular complexity index is 1090. The van der Waals surface area contributed by atoms with Crippen LogP contribution in [-0.2, 0) is 0 Å². The topological polar surface area (TPSA) is 131 Å². The van der Waals surface area contributed by atoms with Crippen LogP contribution in [0.15, 0.2) is 40.7 Å². The highest BCUT2D eigenvalue weighted by atomic mass is 35.5. The number of hydrogen-bond donors (Lipinski definition) is 4. The van der Waals surface area contributed by atoms with Crippen molar-refractivity contribution in [2.24, 2.45) is 16.5 Å². The van der Waals surface area contributed by atoms with E-state index in [1.54, 1.807) is 0 Å². The zero-order valence-corrected chi connectivity index (χ0v) is 20.0. The number of benzene rings is 1. The number of nitrogens with zero attached hydrogens (tertiary/aromatic N) is 3. The highest BCUT2D eigenvalue weighted by Crippen LogP contribution is 2.28. The van der Waals surface area contributed by atoms with Crippen molar-refractivity contribution in [3.8, 4) is 0 Å². The Kier molecular flexibility index (Phi) is 9.06. The molecule has 1 fully saturated rings. The summed E-state index contributed by atoms with van der Waals surface area (Å²) in [4.78, 5) is 26.3. The highest BCUT2D eigenvalue weighted by molar-refractivity contribution is 7.14. The maximum absolute atomic E-state index is 12.8. The van der Waals surface area contributed by atoms with E-state index < -0.39 is 0 Å². The molecule has 2 aromatic heterocycles. The van der Waals surface area contributed by atoms with Crippen LogP contribution in [0.5, 0.6) is 0 Å². The Morgan fingerprint density at radius 2 is 1.94 bits per heavy atom. The number of guanidine groups is 1. The first-order valence-corrected chi connectivity index (χ1v) is 10.9. The molecule has 0 bridgehead atoms. The molecule has 11 heteroatoms. The van der Waals surface area contributed by atoms with Gasteiger partial charge in [-0.2, -0.15) is 0 Å². The average molecular weight is 496 g/mol. The molecule has 3 aromatic rings. The summed E-state index contributed by atoms with van der Waals surface area (Å²) in [5.41, 5.74) is 13.1. The van der Waals surface area contributed by atoms with Gasteiger partial charge >= 0.3 is 0 Å². The summed E-state index contributed by atoms with van der Waals surface area (Å²) >= 11 is 1.45. The third kappa shape index (κ3) is 5.99. The number of halogens is 2. The summed E-state index contributed by atoms with van der Waals surface area (Å²) in [7, 11) is 0. The van der Waals surface area contributed by atoms with E-state index in [9.17, 15) is 4.79 Å². The molecule has 8 nitrogen and oxygen atoms in total. The standard InChI is InChI=1S/C21H25N7OS.2ClH/c1-12-8-9-14-13(11-12)18(25-15-5-2-3-6-16(15)26-21(22)23)28-19(24-14)20(29)27-17-7-4-10-30-17;;/h4,7-11,15-16H,2-3,5-6H2,1H3,(H,27,29)(H4,22,23,26)(H,24,25,28);2*1H/t15-,16+;;/m0../s1. The van der Waals surface area contributed by atoms with Crippen LogP contribution in [0.25, 0.3) is 10.9 Å². The summed E-state index contributed by atoms with van der Waals surface area (Å²) in [6.07, 6.45) is 4.00. The zero-order chi connectivity index (χ0) is 21.1. The van der Waals surface area contributed by atoms with Gasteiger partial charge in [-0.25, -0.2) is 15.0 Å². The maximum atomic E-state index is 12.8. The molecule has 1 aliphatic rings. The minimum atomic E-state index is -0.340. The van der Waals surface area contributed by atoms with Gasteiger partial charge in [0, 0.05) is 5.39 Å². The number of fused-ring (bicyclic) bond motifs is 1. The Morgan fingerprint density at radius 1 is 1.16 bits per heavy atom. The van der Waals surface area contributed by atoms with Crippen LogP contribution in [0.2, 0.25) is 0 Å². The van der Waals surface area contributed by atoms with Gasteiger partial charge in [-0.3, -0.25) is 4.79 Å². The van der Waals surface area contributed by atoms with Gasteiger partial charge in [0.1, 0.15) is 5.82 Å². The van der Waals surface area contributed by atoms with Crippen LogP contribution in [0.3, 0.4) is 0 Å². The first-order chi connectivity index (χ1) is 14.5. The lowest BCUT2D eigenvalue weighted by Gasteiger charge is -2.30. The predicted molar refractivity (Wildman–Crippen MR) is 137 cm³/mol. The van der Waals surface area contributed by atoms with Crippen molar-refractivity contribution in [1.29, 1.82) is 0 Å². The minimum absolute atomic E-state index is 0. The second-order valence-corrected chi connectivity index (χ2v) is 8.45. The first-order valence-electron chi connectivity index (χ1n) is 9.98. The second kappa shape index (κ2) is 11.3. The normalized spacial score (nSPS) is 17.5. The zero-order valence-electron chi connectivity index (χ0n) is 17.6. The highest BCUT2D eigenvalue weighted by Gasteiger charge is 2.26. The predicted octanol–water partition coefficient (Wildman–Crippen LogP) is 4.09. The second-order valence-electron chi connectivity index (χ2n) is 7.50. The monoisotopic (exact) mass is 495 g/mol. The van der Waals surface area contributed by atoms with Gasteiger partial charge in [0.15, 0.2) is 5.96 Å². The number of rotatable bonds is 5. The Morgan fingerprint density at radius 3 is 2.66 bits per heavy atom. The molecule has 4 rings (SSSR count). The summed E-state index contributed by atoms with van der Waals surface area (Å²) in [6, 6.07) is 9.64. The van der Waals surface area contributed by atoms with Crippen molar-refractivity contribution in [3.63, 3.8) is 0 Å². The van der Waals surface area contributed by atoms with E-state index in [1.165, 1.54) is 11.3 Å². The minimum Gasteiger partial charge on any atom is -0.370 e. The molecule has 1 saturated carbocycles. The Balaban J connectivity index is 0.00000181. The van der Waals surface area contributed by atoms with Crippen LogP contribution < -0.4 is 22.1 Å². The molecule has 32 heavy (non-hydrogen) atoms. The number of thiophene rings is 1. The number of aromatic nitrogens is 2. The van der Waals surface area contributed by atoms with E-state index in [4.69, 9.17) is 11.5 Å². The molecule has 2 atom stereocenters. The number of hydrogen-bond acceptors (Lipinski definition) is 6. The van der Waals surface area contributed by atoms with E-state index in [1.807, 2.05) is 42.6 Å². The van der Waals surface area contributed by atoms with Gasteiger partial charge < -0.3 is 22.1 Å². The van der Waals surface area contributed by atoms with Crippen LogP contribution >= 0.6 is 36.2 Å². The molecule has 172 valence electrons. The average Bonchev–Trinajstić information content (AvgIpc) is 3.22. The van der Waals surface area contributed by atoms with Gasteiger partial charge in [0.2, 0.25) is 5.82 Å². The van der Waals surface area contributed by atoms with Crippen molar-refractivity contribution in [2.45, 2.75) is 44.7 Å². The number of anilines is 2. The van der Waals surface area contributed by atoms with Crippen molar-refractivity contribution in [2.75, 3.05) is 10.6 Å². The molecular weight excluding hydrogens is 469 g/mol. The fourth-order valence-corrected chi connectivity index (χ4v) is 4.39. The van der Waals surface area contributed by atoms with Crippen LogP contribution in [0.4, 0.5) is 10.8 Å². The lowest BCUT2D eigenvalue weighted by molar-refractivity contribution is 0.101. The molecule has 2 heterocycles. The first kappa shape index (κ1) is 25.6. The Hall–Kier alpha value is -2.62. The van der Waals surface area contributed by atoms with Gasteiger partial charge in [-0.1, -0.05) is 24.5 Å². The van der Waals surface area contributed by atoms with Crippen molar-refractivity contribution in [1.82, 2.24) is 9.97 Å². The van der Waals surface area contributed by atoms with Gasteiger partial charge in [-0.15, -0.1) is 36.2 Å². The number of nitrogens with one attached hydrogen (secondary N) is 2. The number of carbonyl (C=O) groups excluding carboxylic acids is 1. The van der Waals surface area contributed by atoms with Crippen LogP contribution in [0.1, 0.15) is 41.9 Å². The van der Waals surface area contributed by atoms with E-state index in [-0.39, 0.29) is 54.6 Å². The van der Waals surface area contributed by atoms with Crippen LogP contribution in [-0.4, -0.2) is 33.9 Å². The van der Waals surface area contributed by atoms with E-state index in [2.05, 4.69) is 25.6 Å². The van der Waals surface area contributed by atoms with Gasteiger partial charge in [0.05, 0.1) is 22.6 Å². The number of carbonyl (C=O) groups is 1. The van der Waals surface area contributed by atoms with E-state index in [0.717, 1.165) is 41.6 Å². The lowest BCUT2D eigenvalue weighted by Crippen LogP contribution is -2.38. The molecule has 1 aliphatic carbocycles. The molecule has 1 amide bonds. The van der Waals surface area contributed by atoms with E-state index in [0.29, 0.717) is 11.3 Å². The smallest absolute Gasteiger partial charge is 0.294 e. The van der Waals surface area contributed by atoms with E-state index >= 15 is 0 Å². The van der Waals surface area contributed by atoms with Crippen molar-refractivity contribution < 1.29 is 4.79 Å². The fourth-order valence-electron chi connectivity index (χ4n) is 3.77. The van der Waals surface area contributed by atoms with Gasteiger partial charge in [-0.05, 0) is 49.4 Å². The largest absolute Gasteiger partial charge is 0.370 e. The maximum Gasteiger partial charge on any atom is 0.294 e. The third-order valence-corrected chi connectivity index (χ3v) is 5.96. The summed E-state index contributed by atoms with van der Waals surface area (Å²) in [5, 5.41) is 9.89. The summed E-state index contributed by atoms with van der Waals surface area (Å²) < 4.78 is 0. The lowest BCUT2D eigenvalue weighted by atomic mass is 9.90. The quantitative estimate of drug-likeness (QED) is 0.311. The number of aryl methyl sites for hydroxylation is 1. The SMILES string of the molecule is Cc1ccc2nc(C(=O)Nc3cccs3)nc(N[C@H]3CCCC[C@H]3N=C(N)N)c2c1.Cl.Cl. The van der Waals surface area contributed by atoms with Crippen molar-refractivity contribution in [3.05, 3.63) is 47.1 Å². The molecular formula is C21H27Cl2N7OS. The molecule has 0 spiro atoms. The molecule has 0 aliphatic heterocycles. The summed E-state index contributed by atoms with van der Waals surface area (Å²) in [6.45, 7) is 2.02. The molecule has 6 N–H and O–H groups in total. The Labute approximate surface area is 203 Å². The van der Waals surface area contributed by atoms with Crippen LogP contribution in [0, 0.1) is 6.92 Å². The summed E-state index contributed by atoms with van der Waals surface area (Å²) in [5.74, 6) is 0.500. The number of nitrogens with two attached hydrogens (primary N) is 2. The third-order valence-electron chi connectivity index (χ3n) is 5.18. The molecule has 0 radical (unpaired) electrons.